The maximum absolute atomic E-state index is 6.01. The fourth-order valence-electron chi connectivity index (χ4n) is 1.58. The lowest BCUT2D eigenvalue weighted by molar-refractivity contribution is 0.181. The normalized spacial score (nSPS) is 13.3. The Bertz CT molecular complexity index is 424. The van der Waals surface area contributed by atoms with Gasteiger partial charge in [0.2, 0.25) is 0 Å². The molecule has 2 rings (SSSR count). The fourth-order valence-corrected chi connectivity index (χ4v) is 2.56. The Labute approximate surface area is 87.3 Å². The molecule has 0 aliphatic carbocycles. The number of hydrogen-bond donors (Lipinski definition) is 1. The van der Waals surface area contributed by atoms with Crippen LogP contribution < -0.4 is 5.73 Å². The summed E-state index contributed by atoms with van der Waals surface area (Å²) in [7, 11) is 1.68. The van der Waals surface area contributed by atoms with Gasteiger partial charge in [-0.05, 0) is 22.4 Å². The molecule has 1 aromatic heterocycles. The number of benzene rings is 1. The third-order valence-corrected chi connectivity index (χ3v) is 3.23. The van der Waals surface area contributed by atoms with Crippen LogP contribution in [0, 0.1) is 0 Å². The van der Waals surface area contributed by atoms with Crippen LogP contribution in [0.15, 0.2) is 29.6 Å². The van der Waals surface area contributed by atoms with Crippen LogP contribution >= 0.6 is 11.3 Å². The molecule has 2 aromatic rings. The molecule has 1 aromatic carbocycles. The lowest BCUT2D eigenvalue weighted by Crippen LogP contribution is -2.15. The molecule has 0 saturated heterocycles. The zero-order chi connectivity index (χ0) is 9.97. The maximum Gasteiger partial charge on any atom is 0.0656 e. The number of nitrogens with two attached hydrogens (primary N) is 1. The highest BCUT2D eigenvalue weighted by molar-refractivity contribution is 7.17. The van der Waals surface area contributed by atoms with Crippen molar-refractivity contribution < 1.29 is 4.74 Å². The molecular weight excluding hydrogens is 194 g/mol. The average molecular weight is 207 g/mol. The number of ether oxygens (including phenoxy) is 1. The van der Waals surface area contributed by atoms with Crippen LogP contribution in [0.1, 0.15) is 11.6 Å². The smallest absolute Gasteiger partial charge is 0.0656 e. The van der Waals surface area contributed by atoms with Crippen molar-refractivity contribution in [2.45, 2.75) is 6.04 Å². The van der Waals surface area contributed by atoms with Gasteiger partial charge in [0, 0.05) is 11.8 Å². The molecule has 74 valence electrons. The molecule has 0 saturated carbocycles. The highest BCUT2D eigenvalue weighted by atomic mass is 32.1. The highest BCUT2D eigenvalue weighted by Crippen LogP contribution is 2.27. The summed E-state index contributed by atoms with van der Waals surface area (Å²) < 4.78 is 6.34. The van der Waals surface area contributed by atoms with Crippen LogP contribution in [-0.2, 0) is 4.74 Å². The van der Waals surface area contributed by atoms with Gasteiger partial charge < -0.3 is 10.5 Å². The SMILES string of the molecule is COCC(N)c1cccc2ccsc12. The van der Waals surface area contributed by atoms with E-state index in [0.717, 1.165) is 0 Å². The summed E-state index contributed by atoms with van der Waals surface area (Å²) in [5.41, 5.74) is 7.19. The van der Waals surface area contributed by atoms with Crippen molar-refractivity contribution >= 4 is 21.4 Å². The van der Waals surface area contributed by atoms with Gasteiger partial charge in [-0.2, -0.15) is 0 Å². The first-order chi connectivity index (χ1) is 6.83. The molecule has 3 heteroatoms. The van der Waals surface area contributed by atoms with E-state index in [4.69, 9.17) is 10.5 Å². The highest BCUT2D eigenvalue weighted by Gasteiger charge is 2.09. The number of hydrogen-bond acceptors (Lipinski definition) is 3. The Balaban J connectivity index is 2.45. The summed E-state index contributed by atoms with van der Waals surface area (Å²) in [6.07, 6.45) is 0. The lowest BCUT2D eigenvalue weighted by Gasteiger charge is -2.11. The van der Waals surface area contributed by atoms with Gasteiger partial charge in [-0.15, -0.1) is 11.3 Å². The first-order valence-corrected chi connectivity index (χ1v) is 5.41. The van der Waals surface area contributed by atoms with E-state index in [0.29, 0.717) is 6.61 Å². The molecule has 1 atom stereocenters. The molecule has 0 bridgehead atoms. The van der Waals surface area contributed by atoms with E-state index in [1.54, 1.807) is 18.4 Å². The van der Waals surface area contributed by atoms with Gasteiger partial charge >= 0.3 is 0 Å². The summed E-state index contributed by atoms with van der Waals surface area (Å²) in [5, 5.41) is 3.35. The minimum atomic E-state index is -0.0256. The molecule has 1 heterocycles. The van der Waals surface area contributed by atoms with Crippen LogP contribution in [0.5, 0.6) is 0 Å². The molecule has 0 amide bonds. The lowest BCUT2D eigenvalue weighted by atomic mass is 10.1. The third kappa shape index (κ3) is 1.66. The van der Waals surface area contributed by atoms with E-state index in [2.05, 4.69) is 23.6 Å². The Morgan fingerprint density at radius 2 is 2.29 bits per heavy atom. The summed E-state index contributed by atoms with van der Waals surface area (Å²) >= 11 is 1.73. The Morgan fingerprint density at radius 3 is 3.07 bits per heavy atom. The predicted octanol–water partition coefficient (Wildman–Crippen LogP) is 2.55. The van der Waals surface area contributed by atoms with Crippen molar-refractivity contribution in [2.24, 2.45) is 5.73 Å². The molecule has 0 radical (unpaired) electrons. The van der Waals surface area contributed by atoms with E-state index in [1.807, 2.05) is 6.07 Å². The van der Waals surface area contributed by atoms with Gasteiger partial charge in [0.05, 0.1) is 12.6 Å². The van der Waals surface area contributed by atoms with E-state index in [-0.39, 0.29) is 6.04 Å². The predicted molar refractivity (Wildman–Crippen MR) is 60.6 cm³/mol. The second-order valence-electron chi connectivity index (χ2n) is 3.25. The molecule has 0 aliphatic heterocycles. The van der Waals surface area contributed by atoms with Crippen LogP contribution in [0.2, 0.25) is 0 Å². The van der Waals surface area contributed by atoms with Gasteiger partial charge in [0.1, 0.15) is 0 Å². The minimum Gasteiger partial charge on any atom is -0.383 e. The Hall–Kier alpha value is -0.900. The topological polar surface area (TPSA) is 35.2 Å². The summed E-state index contributed by atoms with van der Waals surface area (Å²) in [5.74, 6) is 0. The van der Waals surface area contributed by atoms with Crippen molar-refractivity contribution in [3.8, 4) is 0 Å². The second kappa shape index (κ2) is 4.09. The summed E-state index contributed by atoms with van der Waals surface area (Å²) in [6.45, 7) is 0.566. The van der Waals surface area contributed by atoms with Crippen LogP contribution in [0.25, 0.3) is 10.1 Å². The quantitative estimate of drug-likeness (QED) is 0.839. The van der Waals surface area contributed by atoms with Gasteiger partial charge in [0.15, 0.2) is 0 Å². The van der Waals surface area contributed by atoms with Crippen molar-refractivity contribution in [1.29, 1.82) is 0 Å². The van der Waals surface area contributed by atoms with E-state index >= 15 is 0 Å². The molecule has 0 aliphatic rings. The van der Waals surface area contributed by atoms with Gasteiger partial charge in [-0.3, -0.25) is 0 Å². The third-order valence-electron chi connectivity index (χ3n) is 2.26. The molecule has 1 unspecified atom stereocenters. The van der Waals surface area contributed by atoms with Gasteiger partial charge in [0.25, 0.3) is 0 Å². The number of methoxy groups -OCH3 is 1. The van der Waals surface area contributed by atoms with Crippen molar-refractivity contribution in [2.75, 3.05) is 13.7 Å². The van der Waals surface area contributed by atoms with Crippen molar-refractivity contribution in [1.82, 2.24) is 0 Å². The number of rotatable bonds is 3. The largest absolute Gasteiger partial charge is 0.383 e. The van der Waals surface area contributed by atoms with Gasteiger partial charge in [-0.1, -0.05) is 18.2 Å². The molecular formula is C11H13NOS. The van der Waals surface area contributed by atoms with E-state index in [1.165, 1.54) is 15.6 Å². The van der Waals surface area contributed by atoms with E-state index in [9.17, 15) is 0 Å². The first kappa shape index (κ1) is 9.65. The zero-order valence-electron chi connectivity index (χ0n) is 8.07. The maximum atomic E-state index is 6.01. The second-order valence-corrected chi connectivity index (χ2v) is 4.16. The van der Waals surface area contributed by atoms with Crippen LogP contribution in [0.4, 0.5) is 0 Å². The van der Waals surface area contributed by atoms with Crippen molar-refractivity contribution in [3.63, 3.8) is 0 Å². The standard InChI is InChI=1S/C11H13NOS/c1-13-7-10(12)9-4-2-3-8-5-6-14-11(8)9/h2-6,10H,7,12H2,1H3. The molecule has 2 N–H and O–H groups in total. The molecule has 2 nitrogen and oxygen atoms in total. The molecule has 14 heavy (non-hydrogen) atoms. The average Bonchev–Trinajstić information content (AvgIpc) is 2.65. The Morgan fingerprint density at radius 1 is 1.43 bits per heavy atom. The number of fused-ring (bicyclic) bond motifs is 1. The first-order valence-electron chi connectivity index (χ1n) is 4.53. The monoisotopic (exact) mass is 207 g/mol. The van der Waals surface area contributed by atoms with Crippen LogP contribution in [-0.4, -0.2) is 13.7 Å². The molecule has 0 spiro atoms. The fraction of sp³-hybridized carbons (Fsp3) is 0.273. The minimum absolute atomic E-state index is 0.0256. The number of thiophene rings is 1. The summed E-state index contributed by atoms with van der Waals surface area (Å²) in [4.78, 5) is 0. The molecule has 0 fully saturated rings. The van der Waals surface area contributed by atoms with Gasteiger partial charge in [-0.25, -0.2) is 0 Å². The van der Waals surface area contributed by atoms with Crippen molar-refractivity contribution in [3.05, 3.63) is 35.2 Å². The zero-order valence-corrected chi connectivity index (χ0v) is 8.88. The van der Waals surface area contributed by atoms with Crippen LogP contribution in [0.3, 0.4) is 0 Å². The van der Waals surface area contributed by atoms with E-state index < -0.39 is 0 Å². The Kier molecular flexibility index (Phi) is 2.82. The summed E-state index contributed by atoms with van der Waals surface area (Å²) in [6, 6.07) is 8.31.